The lowest BCUT2D eigenvalue weighted by atomic mass is 10.1. The average molecular weight is 315 g/mol. The van der Waals surface area contributed by atoms with Gasteiger partial charge in [-0.3, -0.25) is 4.79 Å². The van der Waals surface area contributed by atoms with E-state index in [1.165, 1.54) is 13.2 Å². The van der Waals surface area contributed by atoms with Crippen LogP contribution < -0.4 is 0 Å². The molecule has 5 heteroatoms. The zero-order valence-corrected chi connectivity index (χ0v) is 13.6. The smallest absolute Gasteiger partial charge is 0.330 e. The SMILES string of the molecule is C#CCn1ccc(COC(=O)C2C(C=CC(=O)OC)C2(C)C)c1. The predicted octanol–water partition coefficient (Wildman–Crippen LogP) is 2.17. The number of carbonyl (C=O) groups excluding carboxylic acids is 2. The van der Waals surface area contributed by atoms with E-state index in [1.807, 2.05) is 36.9 Å². The van der Waals surface area contributed by atoms with Crippen molar-refractivity contribution in [2.75, 3.05) is 7.11 Å². The summed E-state index contributed by atoms with van der Waals surface area (Å²) in [6.45, 7) is 4.67. The molecular weight excluding hydrogens is 294 g/mol. The fraction of sp³-hybridized carbons (Fsp3) is 0.444. The Hall–Kier alpha value is -2.48. The zero-order valence-electron chi connectivity index (χ0n) is 13.6. The van der Waals surface area contributed by atoms with Crippen molar-refractivity contribution in [2.24, 2.45) is 17.3 Å². The normalized spacial score (nSPS) is 21.7. The molecule has 0 aliphatic heterocycles. The van der Waals surface area contributed by atoms with Crippen LogP contribution in [-0.4, -0.2) is 23.6 Å². The molecule has 1 heterocycles. The Morgan fingerprint density at radius 1 is 1.48 bits per heavy atom. The molecule has 1 aliphatic carbocycles. The lowest BCUT2D eigenvalue weighted by Crippen LogP contribution is -2.10. The van der Waals surface area contributed by atoms with Crippen LogP contribution in [0.25, 0.3) is 0 Å². The van der Waals surface area contributed by atoms with Gasteiger partial charge in [0.1, 0.15) is 6.61 Å². The molecule has 0 saturated heterocycles. The van der Waals surface area contributed by atoms with Gasteiger partial charge < -0.3 is 14.0 Å². The Morgan fingerprint density at radius 3 is 2.87 bits per heavy atom. The van der Waals surface area contributed by atoms with Gasteiger partial charge in [-0.25, -0.2) is 4.79 Å². The van der Waals surface area contributed by atoms with E-state index < -0.39 is 5.97 Å². The van der Waals surface area contributed by atoms with Crippen LogP contribution in [0.4, 0.5) is 0 Å². The van der Waals surface area contributed by atoms with Gasteiger partial charge in [-0.1, -0.05) is 25.8 Å². The minimum atomic E-state index is -0.422. The van der Waals surface area contributed by atoms with Crippen molar-refractivity contribution in [1.82, 2.24) is 4.57 Å². The summed E-state index contributed by atoms with van der Waals surface area (Å²) < 4.78 is 11.8. The average Bonchev–Trinajstić information content (AvgIpc) is 2.84. The second kappa shape index (κ2) is 6.74. The number of rotatable bonds is 6. The first-order valence-corrected chi connectivity index (χ1v) is 7.41. The predicted molar refractivity (Wildman–Crippen MR) is 85.0 cm³/mol. The molecule has 1 aromatic heterocycles. The maximum atomic E-state index is 12.2. The van der Waals surface area contributed by atoms with Crippen molar-refractivity contribution >= 4 is 11.9 Å². The van der Waals surface area contributed by atoms with E-state index in [0.717, 1.165) is 5.56 Å². The highest BCUT2D eigenvalue weighted by Gasteiger charge is 2.61. The molecule has 0 radical (unpaired) electrons. The van der Waals surface area contributed by atoms with Crippen LogP contribution in [-0.2, 0) is 32.2 Å². The monoisotopic (exact) mass is 315 g/mol. The summed E-state index contributed by atoms with van der Waals surface area (Å²) in [4.78, 5) is 23.4. The van der Waals surface area contributed by atoms with Gasteiger partial charge in [-0.15, -0.1) is 6.42 Å². The van der Waals surface area contributed by atoms with Crippen molar-refractivity contribution < 1.29 is 19.1 Å². The van der Waals surface area contributed by atoms with E-state index in [2.05, 4.69) is 10.7 Å². The van der Waals surface area contributed by atoms with Crippen molar-refractivity contribution in [1.29, 1.82) is 0 Å². The van der Waals surface area contributed by atoms with Gasteiger partial charge >= 0.3 is 11.9 Å². The highest BCUT2D eigenvalue weighted by atomic mass is 16.5. The highest BCUT2D eigenvalue weighted by Crippen LogP contribution is 2.59. The summed E-state index contributed by atoms with van der Waals surface area (Å²) in [6, 6.07) is 1.87. The summed E-state index contributed by atoms with van der Waals surface area (Å²) in [6.07, 6.45) is 12.0. The first-order valence-electron chi connectivity index (χ1n) is 7.41. The fourth-order valence-electron chi connectivity index (χ4n) is 2.76. The van der Waals surface area contributed by atoms with Crippen LogP contribution in [0.2, 0.25) is 0 Å². The van der Waals surface area contributed by atoms with E-state index in [-0.39, 0.29) is 29.8 Å². The van der Waals surface area contributed by atoms with E-state index >= 15 is 0 Å². The number of aromatic nitrogens is 1. The molecule has 1 saturated carbocycles. The van der Waals surface area contributed by atoms with Gasteiger partial charge in [0.2, 0.25) is 0 Å². The van der Waals surface area contributed by atoms with E-state index in [0.29, 0.717) is 6.54 Å². The summed E-state index contributed by atoms with van der Waals surface area (Å²) in [5, 5.41) is 0. The zero-order chi connectivity index (χ0) is 17.0. The van der Waals surface area contributed by atoms with Gasteiger partial charge in [0.25, 0.3) is 0 Å². The number of terminal acetylenes is 1. The Kier molecular flexibility index (Phi) is 4.95. The Balaban J connectivity index is 1.89. The summed E-state index contributed by atoms with van der Waals surface area (Å²) in [5.74, 6) is 1.62. The molecule has 0 bridgehead atoms. The molecule has 122 valence electrons. The fourth-order valence-corrected chi connectivity index (χ4v) is 2.76. The van der Waals surface area contributed by atoms with Crippen molar-refractivity contribution in [2.45, 2.75) is 27.0 Å². The number of allylic oxidation sites excluding steroid dienone is 1. The van der Waals surface area contributed by atoms with E-state index in [9.17, 15) is 9.59 Å². The first kappa shape index (κ1) is 16.9. The number of esters is 2. The number of nitrogens with zero attached hydrogens (tertiary/aromatic N) is 1. The van der Waals surface area contributed by atoms with Crippen molar-refractivity contribution in [3.05, 3.63) is 36.2 Å². The molecule has 0 aromatic carbocycles. The second-order valence-electron chi connectivity index (χ2n) is 6.21. The van der Waals surface area contributed by atoms with Crippen molar-refractivity contribution in [3.63, 3.8) is 0 Å². The van der Waals surface area contributed by atoms with Crippen LogP contribution in [0.3, 0.4) is 0 Å². The number of methoxy groups -OCH3 is 1. The molecule has 2 atom stereocenters. The van der Waals surface area contributed by atoms with Gasteiger partial charge in [-0.05, 0) is 17.4 Å². The number of ether oxygens (including phenoxy) is 2. The van der Waals surface area contributed by atoms with E-state index in [1.54, 1.807) is 6.08 Å². The van der Waals surface area contributed by atoms with E-state index in [4.69, 9.17) is 11.2 Å². The first-order chi connectivity index (χ1) is 10.9. The molecule has 23 heavy (non-hydrogen) atoms. The third-order valence-electron chi connectivity index (χ3n) is 4.27. The van der Waals surface area contributed by atoms with Gasteiger partial charge in [0.05, 0.1) is 19.6 Å². The molecule has 0 amide bonds. The second-order valence-corrected chi connectivity index (χ2v) is 6.21. The standard InChI is InChI=1S/C18H21NO4/c1-5-9-19-10-8-13(11-19)12-23-17(21)16-14(18(16,2)3)6-7-15(20)22-4/h1,6-8,10-11,14,16H,9,12H2,2-4H3. The summed E-state index contributed by atoms with van der Waals surface area (Å²) >= 11 is 0. The molecule has 2 rings (SSSR count). The van der Waals surface area contributed by atoms with Crippen LogP contribution >= 0.6 is 0 Å². The van der Waals surface area contributed by atoms with Gasteiger partial charge in [0, 0.05) is 24.0 Å². The molecule has 1 aromatic rings. The minimum absolute atomic E-state index is 0.0138. The van der Waals surface area contributed by atoms with Crippen molar-refractivity contribution in [3.8, 4) is 12.3 Å². The van der Waals surface area contributed by atoms with Crippen LogP contribution in [0, 0.1) is 29.6 Å². The van der Waals surface area contributed by atoms with Gasteiger partial charge in [0.15, 0.2) is 0 Å². The lowest BCUT2D eigenvalue weighted by molar-refractivity contribution is -0.147. The maximum Gasteiger partial charge on any atom is 0.330 e. The molecule has 0 N–H and O–H groups in total. The van der Waals surface area contributed by atoms with Crippen LogP contribution in [0.15, 0.2) is 30.6 Å². The Morgan fingerprint density at radius 2 is 2.22 bits per heavy atom. The number of carbonyl (C=O) groups is 2. The molecular formula is C18H21NO4. The lowest BCUT2D eigenvalue weighted by Gasteiger charge is -2.04. The molecule has 5 nitrogen and oxygen atoms in total. The highest BCUT2D eigenvalue weighted by molar-refractivity contribution is 5.83. The van der Waals surface area contributed by atoms with Gasteiger partial charge in [-0.2, -0.15) is 0 Å². The Labute approximate surface area is 136 Å². The summed E-state index contributed by atoms with van der Waals surface area (Å²) in [5.41, 5.74) is 0.686. The third-order valence-corrected chi connectivity index (χ3v) is 4.27. The Bertz CT molecular complexity index is 663. The quantitative estimate of drug-likeness (QED) is 0.458. The number of hydrogen-bond donors (Lipinski definition) is 0. The molecule has 0 spiro atoms. The maximum absolute atomic E-state index is 12.2. The number of hydrogen-bond acceptors (Lipinski definition) is 4. The largest absolute Gasteiger partial charge is 0.466 e. The topological polar surface area (TPSA) is 57.5 Å². The third kappa shape index (κ3) is 3.84. The van der Waals surface area contributed by atoms with Crippen LogP contribution in [0.1, 0.15) is 19.4 Å². The summed E-state index contributed by atoms with van der Waals surface area (Å²) in [7, 11) is 1.32. The molecule has 1 aliphatic rings. The molecule has 2 unspecified atom stereocenters. The minimum Gasteiger partial charge on any atom is -0.466 e. The molecule has 1 fully saturated rings. The van der Waals surface area contributed by atoms with Crippen LogP contribution in [0.5, 0.6) is 0 Å².